The summed E-state index contributed by atoms with van der Waals surface area (Å²) in [6.45, 7) is 2.49. The highest BCUT2D eigenvalue weighted by Crippen LogP contribution is 2.28. The van der Waals surface area contributed by atoms with E-state index in [0.717, 1.165) is 29.0 Å². The molecule has 0 bridgehead atoms. The Morgan fingerprint density at radius 1 is 1.30 bits per heavy atom. The number of amides is 2. The molecule has 27 heavy (non-hydrogen) atoms. The Morgan fingerprint density at radius 2 is 2.11 bits per heavy atom. The second-order valence-corrected chi connectivity index (χ2v) is 6.95. The van der Waals surface area contributed by atoms with E-state index in [2.05, 4.69) is 26.0 Å². The second-order valence-electron chi connectivity index (χ2n) is 5.49. The zero-order valence-corrected chi connectivity index (χ0v) is 15.6. The minimum Gasteiger partial charge on any atom is -0.349 e. The highest BCUT2D eigenvalue weighted by atomic mass is 35.5. The lowest BCUT2D eigenvalue weighted by atomic mass is 10.2. The molecular formula is C16H14ClFN6O2S. The van der Waals surface area contributed by atoms with E-state index in [1.165, 1.54) is 17.2 Å². The molecule has 0 spiro atoms. The molecule has 0 unspecified atom stereocenters. The molecule has 8 nitrogen and oxygen atoms in total. The van der Waals surface area contributed by atoms with Crippen LogP contribution in [0.2, 0.25) is 5.02 Å². The van der Waals surface area contributed by atoms with Crippen LogP contribution >= 0.6 is 22.9 Å². The van der Waals surface area contributed by atoms with Crippen LogP contribution in [-0.2, 0) is 6.54 Å². The number of nitrogens with zero attached hydrogens (tertiary/aromatic N) is 4. The number of halogens is 2. The van der Waals surface area contributed by atoms with Crippen molar-refractivity contribution in [1.29, 1.82) is 0 Å². The highest BCUT2D eigenvalue weighted by Gasteiger charge is 2.17. The number of anilines is 1. The van der Waals surface area contributed by atoms with Crippen molar-refractivity contribution in [2.24, 2.45) is 0 Å². The summed E-state index contributed by atoms with van der Waals surface area (Å²) in [5.74, 6) is -1.27. The third kappa shape index (κ3) is 4.66. The van der Waals surface area contributed by atoms with Crippen LogP contribution in [0.4, 0.5) is 9.39 Å². The molecule has 0 atom stereocenters. The van der Waals surface area contributed by atoms with Crippen LogP contribution in [0.25, 0.3) is 0 Å². The molecule has 0 aliphatic carbocycles. The van der Waals surface area contributed by atoms with Crippen LogP contribution < -0.4 is 10.6 Å². The number of tetrazole rings is 1. The minimum absolute atomic E-state index is 0.0143. The average Bonchev–Trinajstić information content (AvgIpc) is 3.24. The lowest BCUT2D eigenvalue weighted by molar-refractivity contribution is 0.0954. The summed E-state index contributed by atoms with van der Waals surface area (Å²) in [4.78, 5) is 26.5. The van der Waals surface area contributed by atoms with Crippen molar-refractivity contribution in [3.05, 3.63) is 57.4 Å². The van der Waals surface area contributed by atoms with E-state index in [4.69, 9.17) is 11.6 Å². The molecule has 0 aliphatic heterocycles. The van der Waals surface area contributed by atoms with E-state index in [-0.39, 0.29) is 16.5 Å². The molecule has 2 heterocycles. The summed E-state index contributed by atoms with van der Waals surface area (Å²) >= 11 is 7.03. The topological polar surface area (TPSA) is 102 Å². The standard InChI is InChI=1S/C16H14ClFN6O2S/c1-9-6-13(22-15(25)11-3-2-10(18)7-12(11)17)27-14(9)16(26)19-4-5-24-21-8-20-23-24/h2-3,6-8H,4-5H2,1H3,(H,19,26)(H,22,25). The molecule has 0 fully saturated rings. The largest absolute Gasteiger partial charge is 0.349 e. The molecule has 3 rings (SSSR count). The van der Waals surface area contributed by atoms with Gasteiger partial charge in [-0.1, -0.05) is 11.6 Å². The maximum Gasteiger partial charge on any atom is 0.261 e. The molecule has 2 N–H and O–H groups in total. The highest BCUT2D eigenvalue weighted by molar-refractivity contribution is 7.18. The fourth-order valence-electron chi connectivity index (χ4n) is 2.26. The van der Waals surface area contributed by atoms with Gasteiger partial charge in [0.1, 0.15) is 5.82 Å². The number of hydrogen-bond donors (Lipinski definition) is 2. The summed E-state index contributed by atoms with van der Waals surface area (Å²) < 4.78 is 13.1. The maximum absolute atomic E-state index is 13.1. The fraction of sp³-hybridized carbons (Fsp3) is 0.188. The predicted octanol–water partition coefficient (Wildman–Crippen LogP) is 2.52. The summed E-state index contributed by atoms with van der Waals surface area (Å²) in [6.07, 6.45) is 1.31. The number of carbonyl (C=O) groups excluding carboxylic acids is 2. The minimum atomic E-state index is -0.524. The second kappa shape index (κ2) is 8.23. The Kier molecular flexibility index (Phi) is 5.77. The van der Waals surface area contributed by atoms with Gasteiger partial charge in [0.25, 0.3) is 11.8 Å². The zero-order valence-electron chi connectivity index (χ0n) is 14.1. The van der Waals surface area contributed by atoms with Gasteiger partial charge in [-0.15, -0.1) is 21.5 Å². The Hall–Kier alpha value is -2.85. The van der Waals surface area contributed by atoms with Crippen LogP contribution in [0.5, 0.6) is 0 Å². The average molecular weight is 409 g/mol. The number of carbonyl (C=O) groups is 2. The van der Waals surface area contributed by atoms with E-state index in [1.54, 1.807) is 13.0 Å². The lowest BCUT2D eigenvalue weighted by Crippen LogP contribution is -2.27. The van der Waals surface area contributed by atoms with Gasteiger partial charge in [0, 0.05) is 6.54 Å². The van der Waals surface area contributed by atoms with E-state index in [9.17, 15) is 14.0 Å². The van der Waals surface area contributed by atoms with Crippen molar-refractivity contribution in [2.75, 3.05) is 11.9 Å². The molecule has 2 aromatic heterocycles. The van der Waals surface area contributed by atoms with Gasteiger partial charge >= 0.3 is 0 Å². The number of aryl methyl sites for hydroxylation is 1. The molecule has 3 aromatic rings. The van der Waals surface area contributed by atoms with Crippen molar-refractivity contribution in [2.45, 2.75) is 13.5 Å². The number of aromatic nitrogens is 4. The third-order valence-electron chi connectivity index (χ3n) is 3.53. The smallest absolute Gasteiger partial charge is 0.261 e. The zero-order chi connectivity index (χ0) is 19.4. The van der Waals surface area contributed by atoms with Gasteiger partial charge in [-0.3, -0.25) is 9.59 Å². The number of benzene rings is 1. The summed E-state index contributed by atoms with van der Waals surface area (Å²) in [6, 6.07) is 5.22. The van der Waals surface area contributed by atoms with Crippen LogP contribution in [-0.4, -0.2) is 38.6 Å². The molecule has 0 aliphatic rings. The van der Waals surface area contributed by atoms with Crippen LogP contribution in [0.15, 0.2) is 30.6 Å². The number of hydrogen-bond acceptors (Lipinski definition) is 6. The van der Waals surface area contributed by atoms with Crippen molar-refractivity contribution in [1.82, 2.24) is 25.5 Å². The van der Waals surface area contributed by atoms with E-state index in [1.807, 2.05) is 0 Å². The normalized spacial score (nSPS) is 10.6. The Balaban J connectivity index is 1.63. The number of nitrogens with one attached hydrogen (secondary N) is 2. The first-order valence-electron chi connectivity index (χ1n) is 7.80. The van der Waals surface area contributed by atoms with Crippen molar-refractivity contribution < 1.29 is 14.0 Å². The van der Waals surface area contributed by atoms with Gasteiger partial charge in [-0.05, 0) is 42.0 Å². The quantitative estimate of drug-likeness (QED) is 0.652. The van der Waals surface area contributed by atoms with Gasteiger partial charge in [0.05, 0.1) is 27.0 Å². The van der Waals surface area contributed by atoms with E-state index < -0.39 is 11.7 Å². The predicted molar refractivity (Wildman–Crippen MR) is 98.6 cm³/mol. The maximum atomic E-state index is 13.1. The van der Waals surface area contributed by atoms with Crippen molar-refractivity contribution in [3.63, 3.8) is 0 Å². The van der Waals surface area contributed by atoms with Gasteiger partial charge in [0.2, 0.25) is 0 Å². The Bertz CT molecular complexity index is 975. The first-order chi connectivity index (χ1) is 12.9. The molecular weight excluding hydrogens is 395 g/mol. The molecule has 0 saturated heterocycles. The lowest BCUT2D eigenvalue weighted by Gasteiger charge is -2.05. The molecule has 11 heteroatoms. The van der Waals surface area contributed by atoms with E-state index >= 15 is 0 Å². The van der Waals surface area contributed by atoms with E-state index in [0.29, 0.717) is 23.0 Å². The number of rotatable bonds is 6. The summed E-state index contributed by atoms with van der Waals surface area (Å²) in [7, 11) is 0. The molecule has 140 valence electrons. The molecule has 0 radical (unpaired) electrons. The van der Waals surface area contributed by atoms with Gasteiger partial charge in [-0.2, -0.15) is 4.80 Å². The first kappa shape index (κ1) is 18.9. The summed E-state index contributed by atoms with van der Waals surface area (Å²) in [5.41, 5.74) is 0.868. The van der Waals surface area contributed by atoms with Crippen molar-refractivity contribution in [3.8, 4) is 0 Å². The first-order valence-corrected chi connectivity index (χ1v) is 8.99. The molecule has 0 saturated carbocycles. The third-order valence-corrected chi connectivity index (χ3v) is 4.99. The SMILES string of the molecule is Cc1cc(NC(=O)c2ccc(F)cc2Cl)sc1C(=O)NCCn1ncnn1. The van der Waals surface area contributed by atoms with Crippen molar-refractivity contribution >= 4 is 39.8 Å². The van der Waals surface area contributed by atoms with Crippen LogP contribution in [0, 0.1) is 12.7 Å². The Labute approximate surface area is 162 Å². The van der Waals surface area contributed by atoms with Crippen LogP contribution in [0.1, 0.15) is 25.6 Å². The van der Waals surface area contributed by atoms with Gasteiger partial charge in [0.15, 0.2) is 6.33 Å². The summed E-state index contributed by atoms with van der Waals surface area (Å²) in [5, 5.41) is 17.1. The monoisotopic (exact) mass is 408 g/mol. The molecule has 1 aromatic carbocycles. The fourth-order valence-corrected chi connectivity index (χ4v) is 3.50. The van der Waals surface area contributed by atoms with Gasteiger partial charge < -0.3 is 10.6 Å². The van der Waals surface area contributed by atoms with Crippen LogP contribution in [0.3, 0.4) is 0 Å². The number of thiophene rings is 1. The van der Waals surface area contributed by atoms with Gasteiger partial charge in [-0.25, -0.2) is 4.39 Å². The molecule has 2 amide bonds. The Morgan fingerprint density at radius 3 is 2.81 bits per heavy atom.